The van der Waals surface area contributed by atoms with Gasteiger partial charge in [0.1, 0.15) is 23.8 Å². The summed E-state index contributed by atoms with van der Waals surface area (Å²) in [6.45, 7) is 0.243. The molecule has 2 N–H and O–H groups in total. The number of carbonyl (C=O) groups excluding carboxylic acids is 1. The van der Waals surface area contributed by atoms with Crippen molar-refractivity contribution in [2.24, 2.45) is 5.92 Å². The molecule has 8 nitrogen and oxygen atoms in total. The van der Waals surface area contributed by atoms with Crippen molar-refractivity contribution in [3.63, 3.8) is 0 Å². The van der Waals surface area contributed by atoms with Gasteiger partial charge in [-0.1, -0.05) is 71.0 Å². The van der Waals surface area contributed by atoms with Gasteiger partial charge in [-0.3, -0.25) is 0 Å². The highest BCUT2D eigenvalue weighted by Crippen LogP contribution is 2.46. The normalized spacial score (nSPS) is 19.4. The molecule has 2 fully saturated rings. The van der Waals surface area contributed by atoms with Gasteiger partial charge in [-0.2, -0.15) is 0 Å². The third-order valence-corrected chi connectivity index (χ3v) is 9.00. The zero-order chi connectivity index (χ0) is 29.6. The molecule has 0 unspecified atom stereocenters. The smallest absolute Gasteiger partial charge is 0.328 e. The molecular weight excluding hydrogens is 621 g/mol. The average molecular weight is 653 g/mol. The van der Waals surface area contributed by atoms with Crippen molar-refractivity contribution in [1.82, 2.24) is 15.2 Å². The van der Waals surface area contributed by atoms with E-state index in [9.17, 15) is 13.2 Å². The van der Waals surface area contributed by atoms with Crippen LogP contribution in [0, 0.1) is 5.92 Å². The summed E-state index contributed by atoms with van der Waals surface area (Å²) in [6, 6.07) is 10.3. The summed E-state index contributed by atoms with van der Waals surface area (Å²) in [7, 11) is -2.95. The Bertz CT molecular complexity index is 1500. The average Bonchev–Trinajstić information content (AvgIpc) is 3.68. The molecule has 5 rings (SSSR count). The van der Waals surface area contributed by atoms with Gasteiger partial charge in [0.2, 0.25) is 10.9 Å². The van der Waals surface area contributed by atoms with E-state index in [0.717, 1.165) is 68.3 Å². The van der Waals surface area contributed by atoms with Gasteiger partial charge in [-0.25, -0.2) is 17.9 Å². The van der Waals surface area contributed by atoms with Crippen LogP contribution in [0.1, 0.15) is 74.2 Å². The predicted octanol–water partition coefficient (Wildman–Crippen LogP) is 7.94. The molecule has 1 aromatic heterocycles. The number of amides is 2. The van der Waals surface area contributed by atoms with E-state index in [4.69, 9.17) is 44.1 Å². The number of benzene rings is 2. The molecule has 0 radical (unpaired) electrons. The highest BCUT2D eigenvalue weighted by Gasteiger charge is 2.33. The molecule has 2 amide bonds. The second-order valence-corrected chi connectivity index (χ2v) is 12.7. The summed E-state index contributed by atoms with van der Waals surface area (Å²) in [5.74, 6) is 2.17. The minimum absolute atomic E-state index is 0.0252. The second kappa shape index (κ2) is 14.2. The van der Waals surface area contributed by atoms with Crippen LogP contribution >= 0.6 is 34.8 Å². The van der Waals surface area contributed by atoms with Crippen molar-refractivity contribution >= 4 is 57.8 Å². The molecule has 2 aliphatic rings. The van der Waals surface area contributed by atoms with Crippen LogP contribution in [0.15, 0.2) is 47.0 Å². The molecule has 1 heterocycles. The number of thiol groups is 1. The zero-order valence-electron chi connectivity index (χ0n) is 22.8. The Labute approximate surface area is 261 Å². The Morgan fingerprint density at radius 1 is 1.00 bits per heavy atom. The van der Waals surface area contributed by atoms with Crippen LogP contribution in [-0.2, 0) is 17.5 Å². The largest absolute Gasteiger partial charge is 0.489 e. The molecule has 224 valence electrons. The monoisotopic (exact) mass is 651 g/mol. The molecule has 0 atom stereocenters. The Morgan fingerprint density at radius 2 is 1.71 bits per heavy atom. The fourth-order valence-electron chi connectivity index (χ4n) is 5.36. The quantitative estimate of drug-likeness (QED) is 0.203. The number of hydrogen-bond acceptors (Lipinski definition) is 6. The summed E-state index contributed by atoms with van der Waals surface area (Å²) in [5.41, 5.74) is 2.98. The fraction of sp³-hybridized carbons (Fsp3) is 0.400. The lowest BCUT2D eigenvalue weighted by Gasteiger charge is -2.23. The van der Waals surface area contributed by atoms with Gasteiger partial charge in [-0.15, -0.1) is 0 Å². The van der Waals surface area contributed by atoms with Gasteiger partial charge in [0.25, 0.3) is 0 Å². The van der Waals surface area contributed by atoms with Crippen LogP contribution in [0.5, 0.6) is 5.75 Å². The Balaban J connectivity index is 1.19. The predicted molar refractivity (Wildman–Crippen MR) is 166 cm³/mol. The number of urea groups is 1. The number of halogens is 3. The van der Waals surface area contributed by atoms with Gasteiger partial charge in [-0.05, 0) is 80.3 Å². The fourth-order valence-corrected chi connectivity index (χ4v) is 6.40. The van der Waals surface area contributed by atoms with Crippen molar-refractivity contribution in [3.8, 4) is 17.0 Å². The molecule has 0 bridgehead atoms. The van der Waals surface area contributed by atoms with Gasteiger partial charge in [0.05, 0.1) is 20.6 Å². The first-order valence-corrected chi connectivity index (χ1v) is 16.3. The topological polar surface area (TPSA) is 111 Å². The number of nitrogens with one attached hydrogen (secondary N) is 2. The third-order valence-electron chi connectivity index (χ3n) is 7.65. The molecule has 0 saturated heterocycles. The van der Waals surface area contributed by atoms with Crippen molar-refractivity contribution in [2.45, 2.75) is 69.9 Å². The molecule has 42 heavy (non-hydrogen) atoms. The van der Waals surface area contributed by atoms with Crippen molar-refractivity contribution in [3.05, 3.63) is 74.4 Å². The van der Waals surface area contributed by atoms with Crippen LogP contribution in [-0.4, -0.2) is 25.6 Å². The van der Waals surface area contributed by atoms with E-state index >= 15 is 0 Å². The molecule has 0 spiro atoms. The lowest BCUT2D eigenvalue weighted by atomic mass is 9.88. The summed E-state index contributed by atoms with van der Waals surface area (Å²) in [4.78, 5) is 11.7. The maximum atomic E-state index is 11.7. The van der Waals surface area contributed by atoms with E-state index < -0.39 is 16.9 Å². The molecule has 3 aromatic rings. The van der Waals surface area contributed by atoms with E-state index in [1.807, 2.05) is 22.9 Å². The number of rotatable bonds is 9. The highest BCUT2D eigenvalue weighted by molar-refractivity contribution is 7.70. The van der Waals surface area contributed by atoms with Crippen LogP contribution in [0.2, 0.25) is 15.1 Å². The number of carbonyl (C=O) groups is 1. The first kappa shape index (κ1) is 30.7. The minimum Gasteiger partial charge on any atom is -0.489 e. The van der Waals surface area contributed by atoms with Crippen molar-refractivity contribution in [2.75, 3.05) is 0 Å². The van der Waals surface area contributed by atoms with Gasteiger partial charge in [0.15, 0.2) is 0 Å². The first-order valence-electron chi connectivity index (χ1n) is 14.0. The number of hydrogen-bond donors (Lipinski definition) is 3. The van der Waals surface area contributed by atoms with Crippen LogP contribution in [0.3, 0.4) is 0 Å². The number of ether oxygens (including phenoxy) is 1. The Kier molecular flexibility index (Phi) is 10.4. The number of aromatic nitrogens is 1. The van der Waals surface area contributed by atoms with Crippen LogP contribution in [0.4, 0.5) is 4.79 Å². The zero-order valence-corrected chi connectivity index (χ0v) is 25.9. The maximum absolute atomic E-state index is 11.7. The Hall–Kier alpha value is -2.72. The summed E-state index contributed by atoms with van der Waals surface area (Å²) in [6.07, 6.45) is 11.8. The van der Waals surface area contributed by atoms with Crippen LogP contribution < -0.4 is 14.8 Å². The van der Waals surface area contributed by atoms with E-state index in [-0.39, 0.29) is 12.6 Å². The maximum Gasteiger partial charge on any atom is 0.328 e. The van der Waals surface area contributed by atoms with Crippen molar-refractivity contribution in [1.29, 1.82) is 0 Å². The number of allylic oxidation sites excluding steroid dienone is 1. The van der Waals surface area contributed by atoms with Crippen LogP contribution in [0.25, 0.3) is 17.3 Å². The third kappa shape index (κ3) is 8.01. The SMILES string of the molecule is O=C(NC1CCCC(/C=C/c2ccc(OCc3c(-c4c(Cl)cccc4Cl)noc3C3CC3)cc2Cl)CCC1)N[SH](=O)=O. The van der Waals surface area contributed by atoms with E-state index in [1.165, 1.54) is 0 Å². The van der Waals surface area contributed by atoms with E-state index in [1.54, 1.807) is 18.2 Å². The standard InChI is InChI=1S/C30H32Cl3N3O5S/c31-24-8-3-9-25(32)27(24)28-23(29(41-35-28)20-12-13-20)17-40-22-15-14-19(26(33)16-22)11-10-18-4-1-6-21(7-2-5-18)34-30(37)36-42(38)39/h3,8-11,14-16,18,20-21,42H,1-2,4-7,12-13,17H2,(H2,34,36,37,38,39)/b11-10+. The van der Waals surface area contributed by atoms with Gasteiger partial charge in [0, 0.05) is 17.5 Å². The molecule has 12 heteroatoms. The summed E-state index contributed by atoms with van der Waals surface area (Å²) in [5, 5.41) is 8.66. The second-order valence-electron chi connectivity index (χ2n) is 10.7. The van der Waals surface area contributed by atoms with E-state index in [0.29, 0.717) is 43.9 Å². The van der Waals surface area contributed by atoms with Gasteiger partial charge >= 0.3 is 6.03 Å². The first-order chi connectivity index (χ1) is 20.3. The summed E-state index contributed by atoms with van der Waals surface area (Å²) < 4.78 is 35.1. The molecule has 0 aliphatic heterocycles. The lowest BCUT2D eigenvalue weighted by molar-refractivity contribution is 0.238. The molecule has 2 aromatic carbocycles. The Morgan fingerprint density at radius 3 is 2.36 bits per heavy atom. The molecular formula is C30H32Cl3N3O5S. The highest BCUT2D eigenvalue weighted by atomic mass is 35.5. The van der Waals surface area contributed by atoms with E-state index in [2.05, 4.69) is 22.6 Å². The van der Waals surface area contributed by atoms with Gasteiger partial charge < -0.3 is 14.6 Å². The number of nitrogens with zero attached hydrogens (tertiary/aromatic N) is 1. The van der Waals surface area contributed by atoms with Crippen molar-refractivity contribution < 1.29 is 22.5 Å². The molecule has 2 saturated carbocycles. The lowest BCUT2D eigenvalue weighted by Crippen LogP contribution is -2.41. The summed E-state index contributed by atoms with van der Waals surface area (Å²) >= 11 is 19.6. The minimum atomic E-state index is -2.95. The molecule has 2 aliphatic carbocycles.